The number of carbonyl (C=O) groups excluding carboxylic acids is 1. The van der Waals surface area contributed by atoms with E-state index in [1.807, 2.05) is 37.4 Å². The average Bonchev–Trinajstić information content (AvgIpc) is 3.35. The van der Waals surface area contributed by atoms with Crippen LogP contribution >= 0.6 is 0 Å². The number of anilines is 1. The minimum Gasteiger partial charge on any atom is -0.394 e. The summed E-state index contributed by atoms with van der Waals surface area (Å²) in [5, 5.41) is 16.5. The number of rotatable bonds is 7. The molecule has 1 atom stereocenters. The molecule has 6 nitrogen and oxygen atoms in total. The number of aliphatic hydroxyl groups excluding tert-OH is 1. The molecular formula is C18H25N3O3. The molecule has 1 aliphatic carbocycles. The fraction of sp³-hybridized carbons (Fsp3) is 0.500. The fourth-order valence-corrected chi connectivity index (χ4v) is 3.06. The van der Waals surface area contributed by atoms with Crippen LogP contribution in [0.5, 0.6) is 0 Å². The van der Waals surface area contributed by atoms with Gasteiger partial charge in [-0.25, -0.2) is 4.79 Å². The molecule has 0 bridgehead atoms. The largest absolute Gasteiger partial charge is 0.394 e. The van der Waals surface area contributed by atoms with Gasteiger partial charge in [0.05, 0.1) is 24.3 Å². The van der Waals surface area contributed by atoms with Gasteiger partial charge in [0.25, 0.3) is 0 Å². The number of urea groups is 1. The second kappa shape index (κ2) is 6.83. The Bertz CT molecular complexity index is 723. The zero-order valence-corrected chi connectivity index (χ0v) is 14.2. The quantitative estimate of drug-likeness (QED) is 0.730. The van der Waals surface area contributed by atoms with Gasteiger partial charge in [0.15, 0.2) is 0 Å². The van der Waals surface area contributed by atoms with E-state index in [9.17, 15) is 9.90 Å². The van der Waals surface area contributed by atoms with Crippen molar-refractivity contribution >= 4 is 22.6 Å². The number of carbonyl (C=O) groups is 1. The highest BCUT2D eigenvalue weighted by atomic mass is 16.5. The van der Waals surface area contributed by atoms with Crippen molar-refractivity contribution < 1.29 is 14.6 Å². The normalized spacial score (nSPS) is 16.8. The van der Waals surface area contributed by atoms with E-state index < -0.39 is 5.54 Å². The SMILES string of the molecule is COCCn1ccc2ccc(NC(=O)NC(C)(CO)C3CC3)cc21. The number of ether oxygens (including phenoxy) is 1. The van der Waals surface area contributed by atoms with Crippen LogP contribution in [0.2, 0.25) is 0 Å². The van der Waals surface area contributed by atoms with Crippen LogP contribution in [0.1, 0.15) is 19.8 Å². The van der Waals surface area contributed by atoms with Gasteiger partial charge in [-0.15, -0.1) is 0 Å². The molecule has 3 N–H and O–H groups in total. The van der Waals surface area contributed by atoms with Gasteiger partial charge in [-0.1, -0.05) is 6.07 Å². The van der Waals surface area contributed by atoms with Gasteiger partial charge in [0, 0.05) is 25.5 Å². The van der Waals surface area contributed by atoms with Crippen LogP contribution in [0, 0.1) is 5.92 Å². The van der Waals surface area contributed by atoms with Crippen molar-refractivity contribution in [2.24, 2.45) is 5.92 Å². The van der Waals surface area contributed by atoms with Crippen LogP contribution in [0.3, 0.4) is 0 Å². The van der Waals surface area contributed by atoms with Crippen molar-refractivity contribution in [1.82, 2.24) is 9.88 Å². The third-order valence-electron chi connectivity index (χ3n) is 4.77. The van der Waals surface area contributed by atoms with Gasteiger partial charge >= 0.3 is 6.03 Å². The fourth-order valence-electron chi connectivity index (χ4n) is 3.06. The maximum absolute atomic E-state index is 12.3. The Morgan fingerprint density at radius 3 is 2.88 bits per heavy atom. The molecule has 24 heavy (non-hydrogen) atoms. The molecule has 1 heterocycles. The van der Waals surface area contributed by atoms with Crippen LogP contribution < -0.4 is 10.6 Å². The molecule has 1 aliphatic rings. The number of methoxy groups -OCH3 is 1. The number of aliphatic hydroxyl groups is 1. The summed E-state index contributed by atoms with van der Waals surface area (Å²) in [6.07, 6.45) is 4.12. The van der Waals surface area contributed by atoms with Gasteiger partial charge in [-0.2, -0.15) is 0 Å². The molecular weight excluding hydrogens is 306 g/mol. The van der Waals surface area contributed by atoms with E-state index in [0.717, 1.165) is 36.0 Å². The zero-order chi connectivity index (χ0) is 17.2. The molecule has 130 valence electrons. The number of benzene rings is 1. The smallest absolute Gasteiger partial charge is 0.319 e. The summed E-state index contributed by atoms with van der Waals surface area (Å²) in [4.78, 5) is 12.3. The highest BCUT2D eigenvalue weighted by molar-refractivity contribution is 5.93. The first-order valence-electron chi connectivity index (χ1n) is 8.33. The summed E-state index contributed by atoms with van der Waals surface area (Å²) in [5.41, 5.74) is 1.23. The Balaban J connectivity index is 1.71. The number of hydrogen-bond acceptors (Lipinski definition) is 3. The van der Waals surface area contributed by atoms with Gasteiger partial charge in [0.1, 0.15) is 0 Å². The Morgan fingerprint density at radius 2 is 2.21 bits per heavy atom. The van der Waals surface area contributed by atoms with Crippen molar-refractivity contribution in [3.05, 3.63) is 30.5 Å². The van der Waals surface area contributed by atoms with Crippen LogP contribution in [0.25, 0.3) is 10.9 Å². The molecule has 0 saturated heterocycles. The van der Waals surface area contributed by atoms with E-state index in [2.05, 4.69) is 15.2 Å². The number of aromatic nitrogens is 1. The van der Waals surface area contributed by atoms with Gasteiger partial charge < -0.3 is 25.0 Å². The topological polar surface area (TPSA) is 75.5 Å². The maximum atomic E-state index is 12.3. The zero-order valence-electron chi connectivity index (χ0n) is 14.2. The van der Waals surface area contributed by atoms with Crippen molar-refractivity contribution in [2.75, 3.05) is 25.6 Å². The minimum atomic E-state index is -0.549. The molecule has 0 aliphatic heterocycles. The molecule has 1 saturated carbocycles. The first-order valence-corrected chi connectivity index (χ1v) is 8.33. The molecule has 0 spiro atoms. The lowest BCUT2D eigenvalue weighted by atomic mass is 9.97. The van der Waals surface area contributed by atoms with Crippen LogP contribution in [-0.2, 0) is 11.3 Å². The lowest BCUT2D eigenvalue weighted by Gasteiger charge is -2.28. The summed E-state index contributed by atoms with van der Waals surface area (Å²) in [7, 11) is 1.68. The van der Waals surface area contributed by atoms with E-state index in [4.69, 9.17) is 4.74 Å². The third kappa shape index (κ3) is 3.55. The summed E-state index contributed by atoms with van der Waals surface area (Å²) in [6.45, 7) is 3.24. The van der Waals surface area contributed by atoms with Crippen LogP contribution in [0.15, 0.2) is 30.5 Å². The summed E-state index contributed by atoms with van der Waals surface area (Å²) >= 11 is 0. The van der Waals surface area contributed by atoms with Crippen molar-refractivity contribution in [2.45, 2.75) is 31.8 Å². The van der Waals surface area contributed by atoms with Crippen LogP contribution in [0.4, 0.5) is 10.5 Å². The minimum absolute atomic E-state index is 0.0516. The van der Waals surface area contributed by atoms with Crippen molar-refractivity contribution in [1.29, 1.82) is 0 Å². The van der Waals surface area contributed by atoms with Crippen molar-refractivity contribution in [3.8, 4) is 0 Å². The van der Waals surface area contributed by atoms with Gasteiger partial charge in [0.2, 0.25) is 0 Å². The summed E-state index contributed by atoms with van der Waals surface area (Å²) in [5.74, 6) is 0.363. The molecule has 2 amide bonds. The Kier molecular flexibility index (Phi) is 4.78. The molecule has 1 aromatic heterocycles. The van der Waals surface area contributed by atoms with Crippen LogP contribution in [-0.4, -0.2) is 41.6 Å². The molecule has 6 heteroatoms. The Hall–Kier alpha value is -2.05. The lowest BCUT2D eigenvalue weighted by Crippen LogP contribution is -2.52. The second-order valence-electron chi connectivity index (χ2n) is 6.70. The summed E-state index contributed by atoms with van der Waals surface area (Å²) in [6, 6.07) is 7.59. The molecule has 1 unspecified atom stereocenters. The van der Waals surface area contributed by atoms with E-state index >= 15 is 0 Å². The first-order chi connectivity index (χ1) is 11.6. The summed E-state index contributed by atoms with van der Waals surface area (Å²) < 4.78 is 7.23. The van der Waals surface area contributed by atoms with E-state index in [0.29, 0.717) is 12.5 Å². The molecule has 3 rings (SSSR count). The number of hydrogen-bond donors (Lipinski definition) is 3. The highest BCUT2D eigenvalue weighted by Crippen LogP contribution is 2.39. The van der Waals surface area contributed by atoms with Gasteiger partial charge in [-0.3, -0.25) is 0 Å². The number of nitrogens with one attached hydrogen (secondary N) is 2. The lowest BCUT2D eigenvalue weighted by molar-refractivity contribution is 0.159. The Morgan fingerprint density at radius 1 is 1.42 bits per heavy atom. The number of fused-ring (bicyclic) bond motifs is 1. The molecule has 0 radical (unpaired) electrons. The van der Waals surface area contributed by atoms with Gasteiger partial charge in [-0.05, 0) is 49.3 Å². The number of amides is 2. The monoisotopic (exact) mass is 331 g/mol. The van der Waals surface area contributed by atoms with E-state index in [1.165, 1.54) is 0 Å². The first kappa shape index (κ1) is 16.8. The highest BCUT2D eigenvalue weighted by Gasteiger charge is 2.42. The third-order valence-corrected chi connectivity index (χ3v) is 4.77. The molecule has 1 fully saturated rings. The average molecular weight is 331 g/mol. The maximum Gasteiger partial charge on any atom is 0.319 e. The molecule has 1 aromatic carbocycles. The number of nitrogens with zero attached hydrogens (tertiary/aromatic N) is 1. The molecule has 2 aromatic rings. The van der Waals surface area contributed by atoms with Crippen molar-refractivity contribution in [3.63, 3.8) is 0 Å². The van der Waals surface area contributed by atoms with E-state index in [-0.39, 0.29) is 12.6 Å². The van der Waals surface area contributed by atoms with E-state index in [1.54, 1.807) is 7.11 Å². The predicted molar refractivity (Wildman–Crippen MR) is 94.2 cm³/mol. The standard InChI is InChI=1S/C18H25N3O3/c1-18(12-22,14-4-5-14)20-17(23)19-15-6-3-13-7-8-21(9-10-24-2)16(13)11-15/h3,6-8,11,14,22H,4-5,9-10,12H2,1-2H3,(H2,19,20,23). The second-order valence-corrected chi connectivity index (χ2v) is 6.70. The predicted octanol–water partition coefficient (Wildman–Crippen LogP) is 2.57. The Labute approximate surface area is 141 Å².